The first-order valence-electron chi connectivity index (χ1n) is 10.2. The zero-order chi connectivity index (χ0) is 21.0. The molecule has 1 fully saturated rings. The number of hydrogen-bond acceptors (Lipinski definition) is 4. The lowest BCUT2D eigenvalue weighted by Gasteiger charge is -2.30. The van der Waals surface area contributed by atoms with Crippen molar-refractivity contribution in [2.45, 2.75) is 40.0 Å². The van der Waals surface area contributed by atoms with Crippen molar-refractivity contribution in [2.24, 2.45) is 5.92 Å². The van der Waals surface area contributed by atoms with Crippen LogP contribution < -0.4 is 5.32 Å². The summed E-state index contributed by atoms with van der Waals surface area (Å²) >= 11 is 0. The normalized spacial score (nSPS) is 14.7. The quantitative estimate of drug-likeness (QED) is 0.600. The molecule has 29 heavy (non-hydrogen) atoms. The first-order valence-corrected chi connectivity index (χ1v) is 10.2. The monoisotopic (exact) mass is 396 g/mol. The lowest BCUT2D eigenvalue weighted by atomic mass is 9.95. The molecule has 1 N–H and O–H groups in total. The molecule has 7 nitrogen and oxygen atoms in total. The summed E-state index contributed by atoms with van der Waals surface area (Å²) in [4.78, 5) is 39.5. The number of para-hydroxylation sites is 1. The largest absolute Gasteiger partial charge is 0.356 e. The number of nitrogens with zero attached hydrogens (tertiary/aromatic N) is 3. The number of benzene rings is 1. The van der Waals surface area contributed by atoms with Gasteiger partial charge in [0.05, 0.1) is 22.6 Å². The van der Waals surface area contributed by atoms with E-state index in [1.807, 2.05) is 37.3 Å². The number of aryl methyl sites for hydroxylation is 1. The smallest absolute Gasteiger partial charge is 0.295 e. The Morgan fingerprint density at radius 2 is 1.76 bits per heavy atom. The van der Waals surface area contributed by atoms with Crippen LogP contribution in [0.1, 0.15) is 47.9 Å². The molecule has 0 radical (unpaired) electrons. The van der Waals surface area contributed by atoms with E-state index in [2.05, 4.69) is 10.4 Å². The van der Waals surface area contributed by atoms with Gasteiger partial charge in [0.25, 0.3) is 11.7 Å². The molecule has 154 valence electrons. The number of rotatable bonds is 6. The molecular weight excluding hydrogens is 368 g/mol. The number of nitrogens with one attached hydrogen (secondary N) is 1. The van der Waals surface area contributed by atoms with Gasteiger partial charge in [0.1, 0.15) is 0 Å². The molecule has 1 aromatic carbocycles. The molecule has 1 aromatic heterocycles. The minimum Gasteiger partial charge on any atom is -0.356 e. The number of Topliss-reactive ketones (excluding diaryl/α,β-unsaturated/α-hetero) is 1. The number of carbonyl (C=O) groups excluding carboxylic acids is 3. The van der Waals surface area contributed by atoms with Gasteiger partial charge in [0, 0.05) is 25.6 Å². The molecule has 0 atom stereocenters. The summed E-state index contributed by atoms with van der Waals surface area (Å²) in [7, 11) is 0. The van der Waals surface area contributed by atoms with Crippen molar-refractivity contribution < 1.29 is 14.4 Å². The van der Waals surface area contributed by atoms with Crippen molar-refractivity contribution in [1.29, 1.82) is 0 Å². The van der Waals surface area contributed by atoms with Crippen LogP contribution in [-0.4, -0.2) is 51.9 Å². The fraction of sp³-hybridized carbons (Fsp3) is 0.455. The molecule has 0 bridgehead atoms. The van der Waals surface area contributed by atoms with Crippen molar-refractivity contribution in [3.05, 3.63) is 47.3 Å². The number of carbonyl (C=O) groups is 3. The molecular formula is C22H28N4O3. The average Bonchev–Trinajstić information content (AvgIpc) is 3.05. The minimum atomic E-state index is -0.531. The second-order valence-electron chi connectivity index (χ2n) is 7.48. The second kappa shape index (κ2) is 9.03. The van der Waals surface area contributed by atoms with Gasteiger partial charge in [-0.15, -0.1) is 0 Å². The molecule has 1 saturated heterocycles. The highest BCUT2D eigenvalue weighted by atomic mass is 16.2. The van der Waals surface area contributed by atoms with Crippen LogP contribution in [-0.2, 0) is 9.59 Å². The summed E-state index contributed by atoms with van der Waals surface area (Å²) in [5.41, 5.74) is 2.40. The number of aromatic nitrogens is 2. The fourth-order valence-corrected chi connectivity index (χ4v) is 3.78. The molecule has 0 spiro atoms. The maximum atomic E-state index is 13.0. The zero-order valence-electron chi connectivity index (χ0n) is 17.3. The van der Waals surface area contributed by atoms with Gasteiger partial charge in [-0.25, -0.2) is 4.68 Å². The summed E-state index contributed by atoms with van der Waals surface area (Å²) in [6.07, 6.45) is 2.05. The number of piperidine rings is 1. The van der Waals surface area contributed by atoms with Crippen LogP contribution in [0.3, 0.4) is 0 Å². The highest BCUT2D eigenvalue weighted by molar-refractivity contribution is 6.43. The molecule has 0 aliphatic carbocycles. The number of likely N-dealkylation sites (tertiary alicyclic amines) is 1. The van der Waals surface area contributed by atoms with Crippen LogP contribution in [0.15, 0.2) is 30.3 Å². The zero-order valence-corrected chi connectivity index (χ0v) is 17.3. The van der Waals surface area contributed by atoms with Gasteiger partial charge >= 0.3 is 0 Å². The van der Waals surface area contributed by atoms with Crippen molar-refractivity contribution in [2.75, 3.05) is 19.6 Å². The Hall–Kier alpha value is -2.96. The van der Waals surface area contributed by atoms with E-state index in [9.17, 15) is 14.4 Å². The van der Waals surface area contributed by atoms with Gasteiger partial charge in [0.2, 0.25) is 5.91 Å². The molecule has 7 heteroatoms. The summed E-state index contributed by atoms with van der Waals surface area (Å²) in [6.45, 7) is 7.06. The second-order valence-corrected chi connectivity index (χ2v) is 7.48. The van der Waals surface area contributed by atoms with E-state index in [4.69, 9.17) is 0 Å². The third kappa shape index (κ3) is 4.39. The highest BCUT2D eigenvalue weighted by Gasteiger charge is 2.32. The lowest BCUT2D eigenvalue weighted by molar-refractivity contribution is -0.132. The van der Waals surface area contributed by atoms with Crippen LogP contribution in [0, 0.1) is 19.8 Å². The Bertz CT molecular complexity index is 896. The van der Waals surface area contributed by atoms with E-state index in [0.29, 0.717) is 49.4 Å². The minimum absolute atomic E-state index is 0.0427. The number of ketones is 1. The standard InChI is InChI=1S/C22H28N4O3/c1-4-12-23-21(28)17-10-13-25(14-11-17)22(29)20(27)19-15(2)24-26(16(19)3)18-8-6-5-7-9-18/h5-9,17H,4,10-14H2,1-3H3,(H,23,28). The van der Waals surface area contributed by atoms with Crippen LogP contribution >= 0.6 is 0 Å². The fourth-order valence-electron chi connectivity index (χ4n) is 3.78. The van der Waals surface area contributed by atoms with E-state index in [1.54, 1.807) is 23.4 Å². The summed E-state index contributed by atoms with van der Waals surface area (Å²) < 4.78 is 1.69. The number of amides is 2. The highest BCUT2D eigenvalue weighted by Crippen LogP contribution is 2.22. The van der Waals surface area contributed by atoms with Gasteiger partial charge < -0.3 is 10.2 Å². The summed E-state index contributed by atoms with van der Waals surface area (Å²) in [6, 6.07) is 9.53. The van der Waals surface area contributed by atoms with Crippen LogP contribution in [0.5, 0.6) is 0 Å². The van der Waals surface area contributed by atoms with Crippen molar-refractivity contribution in [1.82, 2.24) is 20.0 Å². The van der Waals surface area contributed by atoms with E-state index < -0.39 is 11.7 Å². The van der Waals surface area contributed by atoms with Crippen LogP contribution in [0.2, 0.25) is 0 Å². The van der Waals surface area contributed by atoms with Crippen molar-refractivity contribution >= 4 is 17.6 Å². The van der Waals surface area contributed by atoms with Crippen LogP contribution in [0.25, 0.3) is 5.69 Å². The summed E-state index contributed by atoms with van der Waals surface area (Å²) in [5, 5.41) is 7.37. The predicted octanol–water partition coefficient (Wildman–Crippen LogP) is 2.44. The molecule has 2 aromatic rings. The van der Waals surface area contributed by atoms with Gasteiger partial charge in [0.15, 0.2) is 0 Å². The Kier molecular flexibility index (Phi) is 6.46. The van der Waals surface area contributed by atoms with E-state index in [-0.39, 0.29) is 11.8 Å². The molecule has 2 amide bonds. The van der Waals surface area contributed by atoms with E-state index in [1.165, 1.54) is 0 Å². The maximum absolute atomic E-state index is 13.0. The third-order valence-electron chi connectivity index (χ3n) is 5.42. The molecule has 0 unspecified atom stereocenters. The molecule has 2 heterocycles. The molecule has 3 rings (SSSR count). The molecule has 0 saturated carbocycles. The topological polar surface area (TPSA) is 84.3 Å². The lowest BCUT2D eigenvalue weighted by Crippen LogP contribution is -2.45. The van der Waals surface area contributed by atoms with Gasteiger partial charge in [-0.1, -0.05) is 25.1 Å². The van der Waals surface area contributed by atoms with Gasteiger partial charge in [-0.3, -0.25) is 14.4 Å². The maximum Gasteiger partial charge on any atom is 0.295 e. The number of hydrogen-bond donors (Lipinski definition) is 1. The Morgan fingerprint density at radius 3 is 2.38 bits per heavy atom. The first-order chi connectivity index (χ1) is 13.9. The van der Waals surface area contributed by atoms with Gasteiger partial charge in [-0.05, 0) is 45.2 Å². The Labute approximate surface area is 171 Å². The van der Waals surface area contributed by atoms with Crippen molar-refractivity contribution in [3.8, 4) is 5.69 Å². The first kappa shape index (κ1) is 20.8. The van der Waals surface area contributed by atoms with Crippen molar-refractivity contribution in [3.63, 3.8) is 0 Å². The predicted molar refractivity (Wildman–Crippen MR) is 110 cm³/mol. The molecule has 1 aliphatic heterocycles. The average molecular weight is 396 g/mol. The third-order valence-corrected chi connectivity index (χ3v) is 5.42. The Morgan fingerprint density at radius 1 is 1.10 bits per heavy atom. The summed E-state index contributed by atoms with van der Waals surface area (Å²) in [5.74, 6) is -1.10. The SMILES string of the molecule is CCCNC(=O)C1CCN(C(=O)C(=O)c2c(C)nn(-c3ccccc3)c2C)CC1. The van der Waals surface area contributed by atoms with E-state index >= 15 is 0 Å². The van der Waals surface area contributed by atoms with Gasteiger partial charge in [-0.2, -0.15) is 5.10 Å². The molecule has 1 aliphatic rings. The van der Waals surface area contributed by atoms with Crippen LogP contribution in [0.4, 0.5) is 0 Å². The Balaban J connectivity index is 1.70. The van der Waals surface area contributed by atoms with E-state index in [0.717, 1.165) is 12.1 Å².